The minimum Gasteiger partial charge on any atom is -0.343 e. The lowest BCUT2D eigenvalue weighted by atomic mass is 9.93. The lowest BCUT2D eigenvalue weighted by Crippen LogP contribution is -2.41. The zero-order valence-corrected chi connectivity index (χ0v) is 14.0. The van der Waals surface area contributed by atoms with Crippen molar-refractivity contribution in [3.05, 3.63) is 96.1 Å². The molecule has 0 aliphatic rings. The summed E-state index contributed by atoms with van der Waals surface area (Å²) in [5.74, 6) is -0.0664. The quantitative estimate of drug-likeness (QED) is 0.719. The van der Waals surface area contributed by atoms with Crippen LogP contribution in [0.2, 0.25) is 0 Å². The number of rotatable bonds is 4. The van der Waals surface area contributed by atoms with Gasteiger partial charge in [-0.05, 0) is 36.6 Å². The Kier molecular flexibility index (Phi) is 4.48. The Bertz CT molecular complexity index is 823. The number of benzene rings is 3. The molecule has 0 fully saturated rings. The Morgan fingerprint density at radius 3 is 1.96 bits per heavy atom. The van der Waals surface area contributed by atoms with Crippen LogP contribution in [0.4, 0.5) is 0 Å². The lowest BCUT2D eigenvalue weighted by Gasteiger charge is -2.27. The fourth-order valence-corrected chi connectivity index (χ4v) is 2.83. The van der Waals surface area contributed by atoms with Crippen molar-refractivity contribution in [2.45, 2.75) is 19.4 Å². The predicted molar refractivity (Wildman–Crippen MR) is 98.8 cm³/mol. The van der Waals surface area contributed by atoms with Crippen molar-refractivity contribution < 1.29 is 4.79 Å². The molecule has 1 N–H and O–H groups in total. The molecular formula is C22H21NO. The van der Waals surface area contributed by atoms with E-state index in [9.17, 15) is 4.79 Å². The van der Waals surface area contributed by atoms with E-state index in [-0.39, 0.29) is 5.91 Å². The second kappa shape index (κ2) is 6.71. The summed E-state index contributed by atoms with van der Waals surface area (Å²) in [4.78, 5) is 12.9. The summed E-state index contributed by atoms with van der Waals surface area (Å²) < 4.78 is 0. The van der Waals surface area contributed by atoms with E-state index in [2.05, 4.69) is 5.32 Å². The molecule has 3 rings (SSSR count). The zero-order valence-electron chi connectivity index (χ0n) is 14.0. The van der Waals surface area contributed by atoms with E-state index in [1.54, 1.807) is 0 Å². The van der Waals surface area contributed by atoms with E-state index in [0.29, 0.717) is 5.56 Å². The SMILES string of the molecule is CC(C)(NC(=O)c1ccccc1-c1ccccc1)c1ccccc1. The fraction of sp³-hybridized carbons (Fsp3) is 0.136. The Labute approximate surface area is 143 Å². The van der Waals surface area contributed by atoms with Crippen molar-refractivity contribution in [2.75, 3.05) is 0 Å². The largest absolute Gasteiger partial charge is 0.343 e. The van der Waals surface area contributed by atoms with Crippen molar-refractivity contribution in [1.29, 1.82) is 0 Å². The maximum Gasteiger partial charge on any atom is 0.252 e. The topological polar surface area (TPSA) is 29.1 Å². The first kappa shape index (κ1) is 16.0. The molecule has 0 unspecified atom stereocenters. The smallest absolute Gasteiger partial charge is 0.252 e. The third-order valence-electron chi connectivity index (χ3n) is 4.18. The van der Waals surface area contributed by atoms with Crippen LogP contribution in [-0.4, -0.2) is 5.91 Å². The highest BCUT2D eigenvalue weighted by atomic mass is 16.1. The van der Waals surface area contributed by atoms with Gasteiger partial charge in [0, 0.05) is 5.56 Å². The number of amides is 1. The van der Waals surface area contributed by atoms with Crippen molar-refractivity contribution in [3.63, 3.8) is 0 Å². The van der Waals surface area contributed by atoms with Crippen LogP contribution < -0.4 is 5.32 Å². The molecule has 3 aromatic carbocycles. The average molecular weight is 315 g/mol. The number of nitrogens with one attached hydrogen (secondary N) is 1. The molecule has 0 radical (unpaired) electrons. The summed E-state index contributed by atoms with van der Waals surface area (Å²) in [6.45, 7) is 4.04. The second-order valence-electron chi connectivity index (χ2n) is 6.36. The minimum atomic E-state index is -0.442. The number of carbonyl (C=O) groups excluding carboxylic acids is 1. The molecule has 0 saturated carbocycles. The van der Waals surface area contributed by atoms with Crippen LogP contribution >= 0.6 is 0 Å². The molecule has 0 spiro atoms. The molecule has 0 atom stereocenters. The fourth-order valence-electron chi connectivity index (χ4n) is 2.83. The summed E-state index contributed by atoms with van der Waals surface area (Å²) in [5.41, 5.74) is 3.31. The monoisotopic (exact) mass is 315 g/mol. The van der Waals surface area contributed by atoms with Gasteiger partial charge in [-0.3, -0.25) is 4.79 Å². The first-order chi connectivity index (χ1) is 11.6. The van der Waals surface area contributed by atoms with Gasteiger partial charge in [0.1, 0.15) is 0 Å². The van der Waals surface area contributed by atoms with Gasteiger partial charge in [0.25, 0.3) is 5.91 Å². The Morgan fingerprint density at radius 1 is 0.750 bits per heavy atom. The van der Waals surface area contributed by atoms with E-state index in [4.69, 9.17) is 0 Å². The summed E-state index contributed by atoms with van der Waals surface area (Å²) in [6, 6.07) is 27.7. The van der Waals surface area contributed by atoms with E-state index < -0.39 is 5.54 Å². The summed E-state index contributed by atoms with van der Waals surface area (Å²) in [6.07, 6.45) is 0. The van der Waals surface area contributed by atoms with Gasteiger partial charge in [-0.1, -0.05) is 78.9 Å². The van der Waals surface area contributed by atoms with Crippen LogP contribution in [0.1, 0.15) is 29.8 Å². The van der Waals surface area contributed by atoms with Crippen molar-refractivity contribution in [3.8, 4) is 11.1 Å². The maximum atomic E-state index is 12.9. The number of hydrogen-bond donors (Lipinski definition) is 1. The Morgan fingerprint density at radius 2 is 1.29 bits per heavy atom. The van der Waals surface area contributed by atoms with E-state index in [1.165, 1.54) is 0 Å². The third kappa shape index (κ3) is 3.38. The zero-order chi connectivity index (χ0) is 17.0. The van der Waals surface area contributed by atoms with Crippen LogP contribution in [-0.2, 0) is 5.54 Å². The number of hydrogen-bond acceptors (Lipinski definition) is 1. The van der Waals surface area contributed by atoms with Crippen molar-refractivity contribution in [1.82, 2.24) is 5.32 Å². The highest BCUT2D eigenvalue weighted by Crippen LogP contribution is 2.25. The summed E-state index contributed by atoms with van der Waals surface area (Å²) in [5, 5.41) is 3.16. The van der Waals surface area contributed by atoms with Crippen LogP contribution in [0.15, 0.2) is 84.9 Å². The molecule has 0 aliphatic carbocycles. The van der Waals surface area contributed by atoms with Crippen molar-refractivity contribution in [2.24, 2.45) is 0 Å². The lowest BCUT2D eigenvalue weighted by molar-refractivity contribution is 0.0912. The van der Waals surface area contributed by atoms with Gasteiger partial charge in [-0.2, -0.15) is 0 Å². The molecule has 2 heteroatoms. The van der Waals surface area contributed by atoms with E-state index in [1.807, 2.05) is 98.8 Å². The first-order valence-electron chi connectivity index (χ1n) is 8.10. The molecular weight excluding hydrogens is 294 g/mol. The molecule has 120 valence electrons. The van der Waals surface area contributed by atoms with Crippen LogP contribution in [0.3, 0.4) is 0 Å². The molecule has 0 saturated heterocycles. The van der Waals surface area contributed by atoms with Gasteiger partial charge in [-0.25, -0.2) is 0 Å². The number of carbonyl (C=O) groups is 1. The van der Waals surface area contributed by atoms with E-state index >= 15 is 0 Å². The highest BCUT2D eigenvalue weighted by Gasteiger charge is 2.24. The molecule has 2 nitrogen and oxygen atoms in total. The predicted octanol–water partition coefficient (Wildman–Crippen LogP) is 5.02. The maximum absolute atomic E-state index is 12.9. The van der Waals surface area contributed by atoms with Gasteiger partial charge in [0.15, 0.2) is 0 Å². The van der Waals surface area contributed by atoms with Crippen LogP contribution in [0.25, 0.3) is 11.1 Å². The molecule has 0 aliphatic heterocycles. The first-order valence-corrected chi connectivity index (χ1v) is 8.10. The van der Waals surface area contributed by atoms with Gasteiger partial charge in [0.05, 0.1) is 5.54 Å². The Balaban J connectivity index is 1.92. The summed E-state index contributed by atoms with van der Waals surface area (Å²) in [7, 11) is 0. The molecule has 3 aromatic rings. The Hall–Kier alpha value is -2.87. The molecule has 0 heterocycles. The van der Waals surface area contributed by atoms with Crippen LogP contribution in [0, 0.1) is 0 Å². The van der Waals surface area contributed by atoms with E-state index in [0.717, 1.165) is 16.7 Å². The standard InChI is InChI=1S/C22H21NO/c1-22(2,18-13-7-4-8-14-18)23-21(24)20-16-10-9-15-19(20)17-11-5-3-6-12-17/h3-16H,1-2H3,(H,23,24). The van der Waals surface area contributed by atoms with Gasteiger partial charge in [0.2, 0.25) is 0 Å². The van der Waals surface area contributed by atoms with Crippen LogP contribution in [0.5, 0.6) is 0 Å². The second-order valence-corrected chi connectivity index (χ2v) is 6.36. The molecule has 0 bridgehead atoms. The average Bonchev–Trinajstić information content (AvgIpc) is 2.63. The molecule has 0 aromatic heterocycles. The van der Waals surface area contributed by atoms with Gasteiger partial charge in [-0.15, -0.1) is 0 Å². The van der Waals surface area contributed by atoms with Gasteiger partial charge >= 0.3 is 0 Å². The third-order valence-corrected chi connectivity index (χ3v) is 4.18. The van der Waals surface area contributed by atoms with Gasteiger partial charge < -0.3 is 5.32 Å². The molecule has 24 heavy (non-hydrogen) atoms. The normalized spacial score (nSPS) is 11.1. The van der Waals surface area contributed by atoms with Crippen molar-refractivity contribution >= 4 is 5.91 Å². The molecule has 1 amide bonds. The summed E-state index contributed by atoms with van der Waals surface area (Å²) >= 11 is 0. The highest BCUT2D eigenvalue weighted by molar-refractivity contribution is 6.01. The minimum absolute atomic E-state index is 0.0664.